The van der Waals surface area contributed by atoms with Gasteiger partial charge in [-0.05, 0) is 83.2 Å². The van der Waals surface area contributed by atoms with Crippen molar-refractivity contribution < 1.29 is 0 Å². The van der Waals surface area contributed by atoms with E-state index in [1.807, 2.05) is 18.5 Å². The van der Waals surface area contributed by atoms with Crippen LogP contribution >= 0.6 is 0 Å². The van der Waals surface area contributed by atoms with Crippen molar-refractivity contribution in [2.24, 2.45) is 0 Å². The monoisotopic (exact) mass is 504 g/mol. The maximum Gasteiger partial charge on any atom is 0.252 e. The van der Waals surface area contributed by atoms with Gasteiger partial charge in [-0.3, -0.25) is 4.90 Å². The summed E-state index contributed by atoms with van der Waals surface area (Å²) in [5.74, 6) is 1.29. The minimum Gasteiger partial charge on any atom is -0.311 e. The fourth-order valence-electron chi connectivity index (χ4n) is 7.07. The van der Waals surface area contributed by atoms with Gasteiger partial charge in [0.15, 0.2) is 0 Å². The number of nitrogens with zero attached hydrogens (tertiary/aromatic N) is 4. The summed E-state index contributed by atoms with van der Waals surface area (Å²) in [6.07, 6.45) is 10.2. The van der Waals surface area contributed by atoms with Crippen molar-refractivity contribution in [1.82, 2.24) is 9.97 Å². The summed E-state index contributed by atoms with van der Waals surface area (Å²) in [6, 6.07) is 35.4. The average Bonchev–Trinajstić information content (AvgIpc) is 3.02. The molecule has 2 aliphatic heterocycles. The molecule has 0 amide bonds. The molecule has 4 aromatic carbocycles. The topological polar surface area (TPSA) is 32.3 Å². The van der Waals surface area contributed by atoms with E-state index >= 15 is 0 Å². The molecule has 5 aromatic rings. The van der Waals surface area contributed by atoms with Gasteiger partial charge in [-0.1, -0.05) is 73.9 Å². The Morgan fingerprint density at radius 3 is 1.87 bits per heavy atom. The fourth-order valence-corrected chi connectivity index (χ4v) is 7.07. The summed E-state index contributed by atoms with van der Waals surface area (Å²) >= 11 is 0. The van der Waals surface area contributed by atoms with Crippen LogP contribution in [-0.2, 0) is 0 Å². The molecule has 5 heteroatoms. The molecule has 1 fully saturated rings. The summed E-state index contributed by atoms with van der Waals surface area (Å²) in [6.45, 7) is 0.141. The van der Waals surface area contributed by atoms with E-state index in [4.69, 9.17) is 9.97 Å². The number of benzene rings is 4. The molecule has 0 unspecified atom stereocenters. The van der Waals surface area contributed by atoms with E-state index in [0.717, 1.165) is 11.6 Å². The van der Waals surface area contributed by atoms with Crippen molar-refractivity contribution in [3.63, 3.8) is 0 Å². The molecule has 1 aliphatic carbocycles. The van der Waals surface area contributed by atoms with E-state index < -0.39 is 0 Å². The smallest absolute Gasteiger partial charge is 0.252 e. The predicted octanol–water partition coefficient (Wildman–Crippen LogP) is 6.61. The first-order valence-electron chi connectivity index (χ1n) is 14.2. The van der Waals surface area contributed by atoms with E-state index in [0.29, 0.717) is 5.92 Å². The highest BCUT2D eigenvalue weighted by Gasteiger charge is 2.44. The van der Waals surface area contributed by atoms with Crippen molar-refractivity contribution in [3.8, 4) is 0 Å². The van der Waals surface area contributed by atoms with Crippen molar-refractivity contribution in [2.75, 3.05) is 9.80 Å². The van der Waals surface area contributed by atoms with Gasteiger partial charge in [-0.25, -0.2) is 9.97 Å². The highest BCUT2D eigenvalue weighted by Crippen LogP contribution is 2.45. The molecule has 188 valence electrons. The van der Waals surface area contributed by atoms with Crippen LogP contribution < -0.4 is 26.2 Å². The molecule has 1 aromatic heterocycles. The van der Waals surface area contributed by atoms with E-state index in [2.05, 4.69) is 101 Å². The molecule has 0 N–H and O–H groups in total. The van der Waals surface area contributed by atoms with Crippen molar-refractivity contribution in [3.05, 3.63) is 115 Å². The summed E-state index contributed by atoms with van der Waals surface area (Å²) in [5.41, 5.74) is 11.5. The Kier molecular flexibility index (Phi) is 5.29. The zero-order valence-electron chi connectivity index (χ0n) is 21.9. The Balaban J connectivity index is 1.47. The van der Waals surface area contributed by atoms with E-state index in [9.17, 15) is 0 Å². The Bertz CT molecular complexity index is 1550. The maximum absolute atomic E-state index is 4.76. The van der Waals surface area contributed by atoms with Gasteiger partial charge in [0.25, 0.3) is 6.71 Å². The SMILES string of the molecule is c1ccc(N2c3ccccc3B3c4ccccc4N(c4ncccn4)c4cc(C5CCCCC5)cc2c43)cc1. The Hall–Kier alpha value is -4.38. The molecule has 0 spiro atoms. The van der Waals surface area contributed by atoms with Crippen LogP contribution in [0.2, 0.25) is 0 Å². The van der Waals surface area contributed by atoms with E-state index in [-0.39, 0.29) is 6.71 Å². The number of para-hydroxylation sites is 3. The second-order valence-corrected chi connectivity index (χ2v) is 10.9. The molecular formula is C34H29BN4. The van der Waals surface area contributed by atoms with Gasteiger partial charge >= 0.3 is 0 Å². The molecule has 8 rings (SSSR count). The molecule has 3 heterocycles. The minimum atomic E-state index is 0.141. The zero-order valence-corrected chi connectivity index (χ0v) is 21.9. The number of hydrogen-bond donors (Lipinski definition) is 0. The van der Waals surface area contributed by atoms with Crippen LogP contribution in [0, 0.1) is 0 Å². The first kappa shape index (κ1) is 22.6. The van der Waals surface area contributed by atoms with Gasteiger partial charge in [0.1, 0.15) is 0 Å². The maximum atomic E-state index is 4.76. The van der Waals surface area contributed by atoms with Gasteiger partial charge in [0.05, 0.1) is 0 Å². The Morgan fingerprint density at radius 1 is 0.590 bits per heavy atom. The molecule has 0 saturated heterocycles. The third-order valence-corrected chi connectivity index (χ3v) is 8.75. The van der Waals surface area contributed by atoms with Crippen LogP contribution in [0.1, 0.15) is 43.6 Å². The molecule has 0 radical (unpaired) electrons. The average molecular weight is 504 g/mol. The van der Waals surface area contributed by atoms with E-state index in [1.54, 1.807) is 0 Å². The van der Waals surface area contributed by atoms with Gasteiger partial charge in [0.2, 0.25) is 5.95 Å². The number of hydrogen-bond acceptors (Lipinski definition) is 4. The number of fused-ring (bicyclic) bond motifs is 4. The highest BCUT2D eigenvalue weighted by atomic mass is 15.3. The standard InChI is InChI=1S/C34H29BN4/c1-3-12-24(13-4-1)25-22-31-33-32(23-25)39(34-36-20-11-21-37-34)30-19-10-8-17-28(30)35(33)27-16-7-9-18-29(27)38(31)26-14-5-2-6-15-26/h2,5-11,14-24H,1,3-4,12-13H2. The molecule has 3 aliphatic rings. The quantitative estimate of drug-likeness (QED) is 0.254. The molecule has 4 nitrogen and oxygen atoms in total. The second kappa shape index (κ2) is 9.13. The summed E-state index contributed by atoms with van der Waals surface area (Å²) in [4.78, 5) is 14.3. The summed E-state index contributed by atoms with van der Waals surface area (Å²) < 4.78 is 0. The van der Waals surface area contributed by atoms with Crippen LogP contribution in [0.15, 0.2) is 109 Å². The predicted molar refractivity (Wildman–Crippen MR) is 162 cm³/mol. The van der Waals surface area contributed by atoms with Crippen LogP contribution in [0.5, 0.6) is 0 Å². The lowest BCUT2D eigenvalue weighted by molar-refractivity contribution is 0.444. The molecule has 0 bridgehead atoms. The highest BCUT2D eigenvalue weighted by molar-refractivity contribution is 7.00. The van der Waals surface area contributed by atoms with Crippen molar-refractivity contribution in [2.45, 2.75) is 38.0 Å². The van der Waals surface area contributed by atoms with Gasteiger partial charge in [-0.15, -0.1) is 0 Å². The van der Waals surface area contributed by atoms with Gasteiger partial charge < -0.3 is 4.90 Å². The van der Waals surface area contributed by atoms with Gasteiger partial charge in [0, 0.05) is 40.8 Å². The van der Waals surface area contributed by atoms with Crippen molar-refractivity contribution in [1.29, 1.82) is 0 Å². The lowest BCUT2D eigenvalue weighted by atomic mass is 9.33. The number of anilines is 6. The second-order valence-electron chi connectivity index (χ2n) is 10.9. The normalized spacial score (nSPS) is 15.9. The first-order valence-corrected chi connectivity index (χ1v) is 14.2. The third kappa shape index (κ3) is 3.53. The zero-order chi connectivity index (χ0) is 25.8. The lowest BCUT2D eigenvalue weighted by Crippen LogP contribution is -2.61. The van der Waals surface area contributed by atoms with Crippen LogP contribution in [0.3, 0.4) is 0 Å². The Morgan fingerprint density at radius 2 is 1.18 bits per heavy atom. The first-order chi connectivity index (χ1) is 19.4. The number of rotatable bonds is 3. The molecule has 39 heavy (non-hydrogen) atoms. The largest absolute Gasteiger partial charge is 0.311 e. The van der Waals surface area contributed by atoms with Gasteiger partial charge in [-0.2, -0.15) is 0 Å². The van der Waals surface area contributed by atoms with Crippen molar-refractivity contribution >= 4 is 57.5 Å². The minimum absolute atomic E-state index is 0.141. The molecule has 1 saturated carbocycles. The molecular weight excluding hydrogens is 475 g/mol. The summed E-state index contributed by atoms with van der Waals surface area (Å²) in [5, 5.41) is 0. The summed E-state index contributed by atoms with van der Waals surface area (Å²) in [7, 11) is 0. The Labute approximate surface area is 230 Å². The molecule has 0 atom stereocenters. The number of aromatic nitrogens is 2. The van der Waals surface area contributed by atoms with Crippen LogP contribution in [0.4, 0.5) is 34.4 Å². The van der Waals surface area contributed by atoms with E-state index in [1.165, 1.54) is 76.8 Å². The fraction of sp³-hybridized carbons (Fsp3) is 0.176. The van der Waals surface area contributed by atoms with Crippen LogP contribution in [0.25, 0.3) is 0 Å². The lowest BCUT2D eigenvalue weighted by Gasteiger charge is -2.44. The third-order valence-electron chi connectivity index (χ3n) is 8.75. The van der Waals surface area contributed by atoms with Crippen LogP contribution in [-0.4, -0.2) is 16.7 Å².